The van der Waals surface area contributed by atoms with Crippen molar-refractivity contribution in [1.82, 2.24) is 5.43 Å². The van der Waals surface area contributed by atoms with Gasteiger partial charge in [-0.15, -0.1) is 0 Å². The Labute approximate surface area is 115 Å². The van der Waals surface area contributed by atoms with Gasteiger partial charge in [0.15, 0.2) is 11.5 Å². The molecule has 0 amide bonds. The Kier molecular flexibility index (Phi) is 5.92. The first kappa shape index (κ1) is 15.6. The summed E-state index contributed by atoms with van der Waals surface area (Å²) in [4.78, 5) is 0. The van der Waals surface area contributed by atoms with Crippen LogP contribution in [-0.4, -0.2) is 21.3 Å². The van der Waals surface area contributed by atoms with Gasteiger partial charge in [0.25, 0.3) is 0 Å². The Morgan fingerprint density at radius 2 is 1.58 bits per heavy atom. The van der Waals surface area contributed by atoms with Crippen molar-refractivity contribution in [2.24, 2.45) is 11.8 Å². The molecule has 108 valence electrons. The molecule has 0 saturated carbocycles. The van der Waals surface area contributed by atoms with E-state index in [9.17, 15) is 0 Å². The molecular weight excluding hydrogens is 244 g/mol. The number of rotatable bonds is 7. The highest BCUT2D eigenvalue weighted by Gasteiger charge is 2.23. The normalized spacial score (nSPS) is 13.8. The Hall–Kier alpha value is -1.46. The lowest BCUT2D eigenvalue weighted by Crippen LogP contribution is -2.32. The lowest BCUT2D eigenvalue weighted by molar-refractivity contribution is 0.333. The van der Waals surface area contributed by atoms with Gasteiger partial charge in [-0.2, -0.15) is 0 Å². The van der Waals surface area contributed by atoms with E-state index in [1.54, 1.807) is 21.3 Å². The SMILES string of the molecule is CCC(C)C(NN)c1cc(OC)c(OC)cc1OC. The topological polar surface area (TPSA) is 65.7 Å². The van der Waals surface area contributed by atoms with E-state index in [1.807, 2.05) is 12.1 Å². The van der Waals surface area contributed by atoms with Gasteiger partial charge >= 0.3 is 0 Å². The molecule has 2 atom stereocenters. The lowest BCUT2D eigenvalue weighted by Gasteiger charge is -2.25. The monoisotopic (exact) mass is 268 g/mol. The molecule has 0 aliphatic heterocycles. The number of hydrazine groups is 1. The van der Waals surface area contributed by atoms with E-state index >= 15 is 0 Å². The zero-order valence-electron chi connectivity index (χ0n) is 12.3. The predicted octanol–water partition coefficient (Wildman–Crippen LogP) is 2.26. The Bertz CT molecular complexity index is 410. The summed E-state index contributed by atoms with van der Waals surface area (Å²) in [7, 11) is 4.85. The molecule has 0 saturated heterocycles. The first-order valence-electron chi connectivity index (χ1n) is 6.38. The number of hydrogen-bond acceptors (Lipinski definition) is 5. The molecule has 5 heteroatoms. The molecular formula is C14H24N2O3. The first-order valence-corrected chi connectivity index (χ1v) is 6.38. The molecule has 19 heavy (non-hydrogen) atoms. The van der Waals surface area contributed by atoms with Crippen molar-refractivity contribution in [2.45, 2.75) is 26.3 Å². The number of hydrogen-bond donors (Lipinski definition) is 2. The summed E-state index contributed by atoms with van der Waals surface area (Å²) in [6.07, 6.45) is 1.01. The van der Waals surface area contributed by atoms with Crippen LogP contribution in [0, 0.1) is 5.92 Å². The van der Waals surface area contributed by atoms with E-state index in [0.717, 1.165) is 17.7 Å². The number of ether oxygens (including phenoxy) is 3. The fourth-order valence-electron chi connectivity index (χ4n) is 2.09. The van der Waals surface area contributed by atoms with E-state index < -0.39 is 0 Å². The molecule has 1 aromatic rings. The molecule has 0 heterocycles. The highest BCUT2D eigenvalue weighted by molar-refractivity contribution is 5.52. The molecule has 3 N–H and O–H groups in total. The van der Waals surface area contributed by atoms with Crippen LogP contribution in [0.5, 0.6) is 17.2 Å². The lowest BCUT2D eigenvalue weighted by atomic mass is 9.92. The summed E-state index contributed by atoms with van der Waals surface area (Å²) in [5.74, 6) is 8.11. The predicted molar refractivity (Wildman–Crippen MR) is 75.6 cm³/mol. The minimum absolute atomic E-state index is 0.000226. The molecule has 0 aromatic heterocycles. The summed E-state index contributed by atoms with van der Waals surface area (Å²) < 4.78 is 16.0. The third-order valence-corrected chi connectivity index (χ3v) is 3.46. The van der Waals surface area contributed by atoms with Crippen LogP contribution in [0.2, 0.25) is 0 Å². The molecule has 5 nitrogen and oxygen atoms in total. The largest absolute Gasteiger partial charge is 0.496 e. The van der Waals surface area contributed by atoms with Crippen molar-refractivity contribution in [3.8, 4) is 17.2 Å². The molecule has 1 aromatic carbocycles. The average Bonchev–Trinajstić information content (AvgIpc) is 2.46. The summed E-state index contributed by atoms with van der Waals surface area (Å²) in [6, 6.07) is 3.73. The summed E-state index contributed by atoms with van der Waals surface area (Å²) in [6.45, 7) is 4.27. The molecule has 2 unspecified atom stereocenters. The average molecular weight is 268 g/mol. The summed E-state index contributed by atoms with van der Waals surface area (Å²) in [5.41, 5.74) is 3.83. The van der Waals surface area contributed by atoms with Crippen LogP contribution in [0.4, 0.5) is 0 Å². The molecule has 0 fully saturated rings. The minimum Gasteiger partial charge on any atom is -0.496 e. The van der Waals surface area contributed by atoms with Gasteiger partial charge in [0, 0.05) is 11.6 Å². The van der Waals surface area contributed by atoms with Gasteiger partial charge < -0.3 is 14.2 Å². The second-order valence-corrected chi connectivity index (χ2v) is 4.48. The highest BCUT2D eigenvalue weighted by atomic mass is 16.5. The second-order valence-electron chi connectivity index (χ2n) is 4.48. The Morgan fingerprint density at radius 1 is 1.05 bits per heavy atom. The van der Waals surface area contributed by atoms with Gasteiger partial charge in [-0.05, 0) is 12.0 Å². The van der Waals surface area contributed by atoms with E-state index in [-0.39, 0.29) is 6.04 Å². The van der Waals surface area contributed by atoms with Crippen molar-refractivity contribution in [3.05, 3.63) is 17.7 Å². The zero-order valence-corrected chi connectivity index (χ0v) is 12.3. The van der Waals surface area contributed by atoms with E-state index in [1.165, 1.54) is 0 Å². The van der Waals surface area contributed by atoms with Crippen LogP contribution in [0.15, 0.2) is 12.1 Å². The fourth-order valence-corrected chi connectivity index (χ4v) is 2.09. The quantitative estimate of drug-likeness (QED) is 0.586. The van der Waals surface area contributed by atoms with Gasteiger partial charge in [-0.25, -0.2) is 0 Å². The van der Waals surface area contributed by atoms with Crippen LogP contribution in [0.25, 0.3) is 0 Å². The first-order chi connectivity index (χ1) is 9.12. The van der Waals surface area contributed by atoms with Crippen molar-refractivity contribution < 1.29 is 14.2 Å². The minimum atomic E-state index is -0.000226. The maximum Gasteiger partial charge on any atom is 0.164 e. The van der Waals surface area contributed by atoms with E-state index in [4.69, 9.17) is 20.1 Å². The van der Waals surface area contributed by atoms with Crippen LogP contribution in [-0.2, 0) is 0 Å². The van der Waals surface area contributed by atoms with E-state index in [0.29, 0.717) is 17.4 Å². The van der Waals surface area contributed by atoms with Gasteiger partial charge in [0.2, 0.25) is 0 Å². The van der Waals surface area contributed by atoms with Crippen LogP contribution in [0.1, 0.15) is 31.9 Å². The van der Waals surface area contributed by atoms with Crippen LogP contribution < -0.4 is 25.5 Å². The third kappa shape index (κ3) is 3.30. The second kappa shape index (κ2) is 7.21. The third-order valence-electron chi connectivity index (χ3n) is 3.46. The van der Waals surface area contributed by atoms with Crippen LogP contribution in [0.3, 0.4) is 0 Å². The molecule has 0 radical (unpaired) electrons. The van der Waals surface area contributed by atoms with Crippen LogP contribution >= 0.6 is 0 Å². The molecule has 0 aliphatic rings. The smallest absolute Gasteiger partial charge is 0.164 e. The molecule has 0 aliphatic carbocycles. The maximum atomic E-state index is 5.69. The number of methoxy groups -OCH3 is 3. The Balaban J connectivity index is 3.31. The fraction of sp³-hybridized carbons (Fsp3) is 0.571. The summed E-state index contributed by atoms with van der Waals surface area (Å²) >= 11 is 0. The summed E-state index contributed by atoms with van der Waals surface area (Å²) in [5, 5.41) is 0. The van der Waals surface area contributed by atoms with Gasteiger partial charge in [0.1, 0.15) is 5.75 Å². The Morgan fingerprint density at radius 3 is 2.00 bits per heavy atom. The van der Waals surface area contributed by atoms with Gasteiger partial charge in [0.05, 0.1) is 27.4 Å². The van der Waals surface area contributed by atoms with Crippen molar-refractivity contribution in [1.29, 1.82) is 0 Å². The number of nitrogens with one attached hydrogen (secondary N) is 1. The molecule has 0 spiro atoms. The molecule has 1 rings (SSSR count). The standard InChI is InChI=1S/C14H24N2O3/c1-6-9(2)14(16-15)10-7-12(18-4)13(19-5)8-11(10)17-3/h7-9,14,16H,6,15H2,1-5H3. The van der Waals surface area contributed by atoms with Gasteiger partial charge in [-0.1, -0.05) is 20.3 Å². The maximum absolute atomic E-state index is 5.69. The van der Waals surface area contributed by atoms with Crippen molar-refractivity contribution in [2.75, 3.05) is 21.3 Å². The number of nitrogens with two attached hydrogens (primary N) is 1. The van der Waals surface area contributed by atoms with E-state index in [2.05, 4.69) is 19.3 Å². The van der Waals surface area contributed by atoms with Gasteiger partial charge in [-0.3, -0.25) is 11.3 Å². The number of benzene rings is 1. The highest BCUT2D eigenvalue weighted by Crippen LogP contribution is 2.39. The van der Waals surface area contributed by atoms with Crippen molar-refractivity contribution >= 4 is 0 Å². The molecule has 0 bridgehead atoms. The zero-order chi connectivity index (χ0) is 14.4. The van der Waals surface area contributed by atoms with Crippen molar-refractivity contribution in [3.63, 3.8) is 0 Å².